The molecule has 0 aromatic heterocycles. The van der Waals surface area contributed by atoms with Crippen LogP contribution >= 0.6 is 11.6 Å². The number of halogens is 1. The summed E-state index contributed by atoms with van der Waals surface area (Å²) in [6.45, 7) is 1.38. The van der Waals surface area contributed by atoms with Crippen LogP contribution in [-0.4, -0.2) is 28.6 Å². The lowest BCUT2D eigenvalue weighted by atomic mass is 10.2. The molecule has 0 amide bonds. The summed E-state index contributed by atoms with van der Waals surface area (Å²) in [6, 6.07) is 11.5. The van der Waals surface area contributed by atoms with Crippen molar-refractivity contribution in [2.75, 3.05) is 29.8 Å². The van der Waals surface area contributed by atoms with Crippen molar-refractivity contribution in [2.24, 2.45) is 0 Å². The van der Waals surface area contributed by atoms with Gasteiger partial charge in [0.05, 0.1) is 22.9 Å². The highest BCUT2D eigenvalue weighted by Gasteiger charge is 2.20. The fraction of sp³-hybridized carbons (Fsp3) is 0.200. The number of nitrogens with one attached hydrogen (secondary N) is 1. The summed E-state index contributed by atoms with van der Waals surface area (Å²) in [5, 5.41) is 0.184. The smallest absolute Gasteiger partial charge is 0.263 e. The van der Waals surface area contributed by atoms with E-state index in [1.54, 1.807) is 30.3 Å². The minimum absolute atomic E-state index is 0.0485. The van der Waals surface area contributed by atoms with Crippen LogP contribution in [0, 0.1) is 0 Å². The molecule has 3 rings (SSSR count). The summed E-state index contributed by atoms with van der Waals surface area (Å²) in [4.78, 5) is 2.11. The first-order valence-electron chi connectivity index (χ1n) is 6.73. The highest BCUT2D eigenvalue weighted by molar-refractivity contribution is 7.92. The van der Waals surface area contributed by atoms with Gasteiger partial charge in [0.1, 0.15) is 17.3 Å². The Labute approximate surface area is 134 Å². The van der Waals surface area contributed by atoms with Crippen molar-refractivity contribution in [2.45, 2.75) is 4.90 Å². The van der Waals surface area contributed by atoms with E-state index in [9.17, 15) is 8.42 Å². The van der Waals surface area contributed by atoms with Crippen LogP contribution in [0.1, 0.15) is 0 Å². The van der Waals surface area contributed by atoms with Gasteiger partial charge in [-0.25, -0.2) is 8.42 Å². The number of ether oxygens (including phenoxy) is 1. The lowest BCUT2D eigenvalue weighted by Gasteiger charge is -2.28. The summed E-state index contributed by atoms with van der Waals surface area (Å²) < 4.78 is 32.9. The Hall–Kier alpha value is -1.92. The molecular formula is C15H15ClN2O3S. The Morgan fingerprint density at radius 1 is 1.23 bits per heavy atom. The molecule has 2 aromatic rings. The summed E-state index contributed by atoms with van der Waals surface area (Å²) in [7, 11) is -1.77. The molecule has 1 aliphatic rings. The number of hydrogen-bond donors (Lipinski definition) is 1. The van der Waals surface area contributed by atoms with Gasteiger partial charge in [-0.3, -0.25) is 4.72 Å². The van der Waals surface area contributed by atoms with E-state index in [4.69, 9.17) is 16.3 Å². The Kier molecular flexibility index (Phi) is 3.88. The van der Waals surface area contributed by atoms with Gasteiger partial charge in [0.25, 0.3) is 10.0 Å². The van der Waals surface area contributed by atoms with Crippen LogP contribution in [0.15, 0.2) is 47.4 Å². The number of hydrogen-bond acceptors (Lipinski definition) is 4. The number of likely N-dealkylation sites (N-methyl/N-ethyl adjacent to an activating group) is 1. The Balaban J connectivity index is 1.92. The lowest BCUT2D eigenvalue weighted by Crippen LogP contribution is -2.28. The first-order valence-corrected chi connectivity index (χ1v) is 8.59. The third-order valence-electron chi connectivity index (χ3n) is 3.43. The molecule has 2 aromatic carbocycles. The van der Waals surface area contributed by atoms with E-state index in [2.05, 4.69) is 9.62 Å². The number of fused-ring (bicyclic) bond motifs is 1. The molecule has 1 heterocycles. The van der Waals surface area contributed by atoms with E-state index >= 15 is 0 Å². The van der Waals surface area contributed by atoms with Crippen LogP contribution < -0.4 is 14.4 Å². The number of benzene rings is 2. The normalized spacial score (nSPS) is 14.2. The molecule has 0 saturated carbocycles. The van der Waals surface area contributed by atoms with Crippen LogP contribution in [0.3, 0.4) is 0 Å². The zero-order valence-electron chi connectivity index (χ0n) is 11.9. The van der Waals surface area contributed by atoms with Crippen LogP contribution in [-0.2, 0) is 10.0 Å². The van der Waals surface area contributed by atoms with Crippen molar-refractivity contribution in [3.8, 4) is 5.75 Å². The van der Waals surface area contributed by atoms with Gasteiger partial charge in [-0.1, -0.05) is 23.7 Å². The number of rotatable bonds is 3. The highest BCUT2D eigenvalue weighted by atomic mass is 35.5. The molecule has 0 fully saturated rings. The molecule has 1 N–H and O–H groups in total. The molecule has 0 atom stereocenters. The second-order valence-electron chi connectivity index (χ2n) is 4.99. The summed E-state index contributed by atoms with van der Waals surface area (Å²) in [6.07, 6.45) is 0. The first-order chi connectivity index (χ1) is 10.5. The number of sulfonamides is 1. The van der Waals surface area contributed by atoms with Crippen molar-refractivity contribution in [1.82, 2.24) is 0 Å². The van der Waals surface area contributed by atoms with Gasteiger partial charge in [-0.15, -0.1) is 0 Å². The van der Waals surface area contributed by atoms with Gasteiger partial charge < -0.3 is 9.64 Å². The molecule has 0 saturated heterocycles. The maximum Gasteiger partial charge on any atom is 0.263 e. The molecule has 0 spiro atoms. The second kappa shape index (κ2) is 5.70. The average molecular weight is 339 g/mol. The molecule has 0 bridgehead atoms. The molecular weight excluding hydrogens is 324 g/mol. The first kappa shape index (κ1) is 15.0. The SMILES string of the molecule is CN1CCOc2cc(NS(=O)(=O)c3ccccc3Cl)ccc21. The van der Waals surface area contributed by atoms with Gasteiger partial charge in [0.15, 0.2) is 0 Å². The van der Waals surface area contributed by atoms with E-state index in [1.165, 1.54) is 6.07 Å². The maximum atomic E-state index is 12.4. The van der Waals surface area contributed by atoms with Crippen LogP contribution in [0.25, 0.3) is 0 Å². The second-order valence-corrected chi connectivity index (χ2v) is 7.05. The minimum Gasteiger partial charge on any atom is -0.489 e. The van der Waals surface area contributed by atoms with E-state index in [1.807, 2.05) is 13.1 Å². The fourth-order valence-corrected chi connectivity index (χ4v) is 3.86. The summed E-state index contributed by atoms with van der Waals surface area (Å²) in [5.41, 5.74) is 1.38. The average Bonchev–Trinajstić information content (AvgIpc) is 2.47. The molecule has 0 radical (unpaired) electrons. The van der Waals surface area contributed by atoms with Crippen molar-refractivity contribution < 1.29 is 13.2 Å². The fourth-order valence-electron chi connectivity index (χ4n) is 2.29. The molecule has 7 heteroatoms. The minimum atomic E-state index is -3.74. The molecule has 0 aliphatic carbocycles. The molecule has 116 valence electrons. The van der Waals surface area contributed by atoms with Crippen molar-refractivity contribution >= 4 is 33.0 Å². The van der Waals surface area contributed by atoms with Crippen LogP contribution in [0.4, 0.5) is 11.4 Å². The van der Waals surface area contributed by atoms with Gasteiger partial charge in [-0.05, 0) is 24.3 Å². The monoisotopic (exact) mass is 338 g/mol. The Morgan fingerprint density at radius 3 is 2.77 bits per heavy atom. The molecule has 22 heavy (non-hydrogen) atoms. The lowest BCUT2D eigenvalue weighted by molar-refractivity contribution is 0.311. The zero-order chi connectivity index (χ0) is 15.7. The molecule has 5 nitrogen and oxygen atoms in total. The van der Waals surface area contributed by atoms with Gasteiger partial charge in [-0.2, -0.15) is 0 Å². The predicted octanol–water partition coefficient (Wildman–Crippen LogP) is 2.97. The van der Waals surface area contributed by atoms with Crippen molar-refractivity contribution in [3.63, 3.8) is 0 Å². The van der Waals surface area contributed by atoms with Crippen LogP contribution in [0.2, 0.25) is 5.02 Å². The Bertz CT molecular complexity index is 808. The largest absolute Gasteiger partial charge is 0.489 e. The van der Waals surface area contributed by atoms with E-state index in [0.717, 1.165) is 12.2 Å². The van der Waals surface area contributed by atoms with Gasteiger partial charge in [0.2, 0.25) is 0 Å². The van der Waals surface area contributed by atoms with Crippen LogP contribution in [0.5, 0.6) is 5.75 Å². The quantitative estimate of drug-likeness (QED) is 0.934. The Morgan fingerprint density at radius 2 is 2.00 bits per heavy atom. The molecule has 1 aliphatic heterocycles. The standard InChI is InChI=1S/C15H15ClN2O3S/c1-18-8-9-21-14-10-11(6-7-13(14)18)17-22(19,20)15-5-3-2-4-12(15)16/h2-7,10,17H,8-9H2,1H3. The topological polar surface area (TPSA) is 58.6 Å². The van der Waals surface area contributed by atoms with E-state index < -0.39 is 10.0 Å². The van der Waals surface area contributed by atoms with Crippen molar-refractivity contribution in [1.29, 1.82) is 0 Å². The highest BCUT2D eigenvalue weighted by Crippen LogP contribution is 2.34. The van der Waals surface area contributed by atoms with E-state index in [0.29, 0.717) is 18.0 Å². The zero-order valence-corrected chi connectivity index (χ0v) is 13.5. The van der Waals surface area contributed by atoms with Crippen molar-refractivity contribution in [3.05, 3.63) is 47.5 Å². The predicted molar refractivity (Wildman–Crippen MR) is 87.5 cm³/mol. The number of nitrogens with zero attached hydrogens (tertiary/aromatic N) is 1. The molecule has 0 unspecified atom stereocenters. The van der Waals surface area contributed by atoms with Gasteiger partial charge in [0, 0.05) is 13.1 Å². The third-order valence-corrected chi connectivity index (χ3v) is 5.31. The van der Waals surface area contributed by atoms with E-state index in [-0.39, 0.29) is 9.92 Å². The third kappa shape index (κ3) is 2.84. The van der Waals surface area contributed by atoms with Gasteiger partial charge >= 0.3 is 0 Å². The summed E-state index contributed by atoms with van der Waals surface area (Å²) in [5.74, 6) is 0.660. The summed E-state index contributed by atoms with van der Waals surface area (Å²) >= 11 is 5.96. The maximum absolute atomic E-state index is 12.4. The number of anilines is 2.